The van der Waals surface area contributed by atoms with Gasteiger partial charge in [-0.1, -0.05) is 11.6 Å². The summed E-state index contributed by atoms with van der Waals surface area (Å²) >= 11 is 5.71. The zero-order valence-electron chi connectivity index (χ0n) is 9.33. The molecular formula is C10H15ClN4O. The van der Waals surface area contributed by atoms with E-state index in [1.807, 2.05) is 6.92 Å². The van der Waals surface area contributed by atoms with E-state index in [1.54, 1.807) is 18.0 Å². The predicted molar refractivity (Wildman–Crippen MR) is 65.5 cm³/mol. The second-order valence-corrected chi connectivity index (χ2v) is 3.79. The van der Waals surface area contributed by atoms with E-state index in [0.717, 1.165) is 0 Å². The van der Waals surface area contributed by atoms with Gasteiger partial charge < -0.3 is 16.0 Å². The third-order valence-corrected chi connectivity index (χ3v) is 2.40. The second-order valence-electron chi connectivity index (χ2n) is 3.35. The van der Waals surface area contributed by atoms with Crippen LogP contribution < -0.4 is 11.1 Å². The monoisotopic (exact) mass is 242 g/mol. The van der Waals surface area contributed by atoms with Crippen LogP contribution in [0.15, 0.2) is 12.3 Å². The Bertz CT molecular complexity index is 383. The number of amides is 1. The number of nitrogens with one attached hydrogen (secondary N) is 1. The number of rotatable bonds is 4. The first kappa shape index (κ1) is 12.6. The normalized spacial score (nSPS) is 9.94. The van der Waals surface area contributed by atoms with Crippen molar-refractivity contribution < 1.29 is 4.79 Å². The maximum Gasteiger partial charge on any atom is 0.241 e. The van der Waals surface area contributed by atoms with E-state index in [4.69, 9.17) is 17.3 Å². The van der Waals surface area contributed by atoms with Crippen molar-refractivity contribution >= 4 is 29.0 Å². The number of nitrogens with zero attached hydrogens (tertiary/aromatic N) is 2. The van der Waals surface area contributed by atoms with Gasteiger partial charge in [0, 0.05) is 19.8 Å². The lowest BCUT2D eigenvalue weighted by Gasteiger charge is -2.15. The van der Waals surface area contributed by atoms with Crippen LogP contribution in [0, 0.1) is 0 Å². The van der Waals surface area contributed by atoms with Crippen LogP contribution >= 0.6 is 11.6 Å². The molecule has 0 saturated heterocycles. The van der Waals surface area contributed by atoms with E-state index in [-0.39, 0.29) is 12.5 Å². The number of pyridine rings is 1. The van der Waals surface area contributed by atoms with Crippen LogP contribution in [0.4, 0.5) is 11.5 Å². The van der Waals surface area contributed by atoms with Crippen LogP contribution in [0.25, 0.3) is 0 Å². The summed E-state index contributed by atoms with van der Waals surface area (Å²) in [6.45, 7) is 2.75. The van der Waals surface area contributed by atoms with Crippen LogP contribution in [-0.2, 0) is 4.79 Å². The molecule has 88 valence electrons. The SMILES string of the molecule is CCN(C)C(=O)CNc1ncc(Cl)cc1N. The Morgan fingerprint density at radius 1 is 1.69 bits per heavy atom. The molecule has 0 bridgehead atoms. The van der Waals surface area contributed by atoms with Gasteiger partial charge in [-0.3, -0.25) is 4.79 Å². The number of nitrogens with two attached hydrogens (primary N) is 1. The predicted octanol–water partition coefficient (Wildman–Crippen LogP) is 1.21. The summed E-state index contributed by atoms with van der Waals surface area (Å²) in [6, 6.07) is 1.59. The van der Waals surface area contributed by atoms with Gasteiger partial charge in [0.2, 0.25) is 5.91 Å². The first-order valence-electron chi connectivity index (χ1n) is 4.93. The minimum atomic E-state index is -0.0151. The smallest absolute Gasteiger partial charge is 0.241 e. The van der Waals surface area contributed by atoms with Gasteiger partial charge in [0.05, 0.1) is 17.3 Å². The number of hydrogen-bond donors (Lipinski definition) is 2. The van der Waals surface area contributed by atoms with Crippen molar-refractivity contribution in [1.29, 1.82) is 0 Å². The molecule has 1 heterocycles. The van der Waals surface area contributed by atoms with Gasteiger partial charge in [0.25, 0.3) is 0 Å². The highest BCUT2D eigenvalue weighted by atomic mass is 35.5. The molecule has 1 rings (SSSR count). The third kappa shape index (κ3) is 3.27. The van der Waals surface area contributed by atoms with E-state index < -0.39 is 0 Å². The number of anilines is 2. The number of aromatic nitrogens is 1. The Morgan fingerprint density at radius 2 is 2.38 bits per heavy atom. The molecule has 6 heteroatoms. The molecule has 5 nitrogen and oxygen atoms in total. The fraction of sp³-hybridized carbons (Fsp3) is 0.400. The van der Waals surface area contributed by atoms with Crippen molar-refractivity contribution in [2.24, 2.45) is 0 Å². The van der Waals surface area contributed by atoms with Gasteiger partial charge in [-0.05, 0) is 13.0 Å². The van der Waals surface area contributed by atoms with E-state index in [0.29, 0.717) is 23.1 Å². The minimum absolute atomic E-state index is 0.0151. The average Bonchev–Trinajstić information content (AvgIpc) is 2.26. The van der Waals surface area contributed by atoms with Crippen molar-refractivity contribution in [1.82, 2.24) is 9.88 Å². The molecule has 0 spiro atoms. The molecule has 16 heavy (non-hydrogen) atoms. The highest BCUT2D eigenvalue weighted by molar-refractivity contribution is 6.30. The van der Waals surface area contributed by atoms with E-state index in [1.165, 1.54) is 6.20 Å². The summed E-state index contributed by atoms with van der Waals surface area (Å²) in [4.78, 5) is 17.1. The lowest BCUT2D eigenvalue weighted by Crippen LogP contribution is -2.32. The summed E-state index contributed by atoms with van der Waals surface area (Å²) in [5.74, 6) is 0.459. The van der Waals surface area contributed by atoms with Crippen molar-refractivity contribution in [2.45, 2.75) is 6.92 Å². The topological polar surface area (TPSA) is 71.2 Å². The van der Waals surface area contributed by atoms with E-state index in [2.05, 4.69) is 10.3 Å². The largest absolute Gasteiger partial charge is 0.396 e. The summed E-state index contributed by atoms with van der Waals surface area (Å²) < 4.78 is 0. The molecule has 1 amide bonds. The number of likely N-dealkylation sites (N-methyl/N-ethyl adjacent to an activating group) is 1. The summed E-state index contributed by atoms with van der Waals surface area (Å²) in [5.41, 5.74) is 6.11. The first-order valence-corrected chi connectivity index (χ1v) is 5.31. The molecule has 3 N–H and O–H groups in total. The van der Waals surface area contributed by atoms with E-state index >= 15 is 0 Å². The number of carbonyl (C=O) groups excluding carboxylic acids is 1. The Morgan fingerprint density at radius 3 is 2.94 bits per heavy atom. The zero-order chi connectivity index (χ0) is 12.1. The second kappa shape index (κ2) is 5.55. The molecule has 0 unspecified atom stereocenters. The van der Waals surface area contributed by atoms with Crippen LogP contribution in [-0.4, -0.2) is 35.9 Å². The molecule has 0 fully saturated rings. The molecule has 0 saturated carbocycles. The molecular weight excluding hydrogens is 228 g/mol. The molecule has 0 aliphatic carbocycles. The first-order chi connectivity index (χ1) is 7.54. The quantitative estimate of drug-likeness (QED) is 0.833. The van der Waals surface area contributed by atoms with Crippen molar-refractivity contribution in [3.05, 3.63) is 17.3 Å². The Hall–Kier alpha value is -1.49. The lowest BCUT2D eigenvalue weighted by atomic mass is 10.4. The van der Waals surface area contributed by atoms with Crippen molar-refractivity contribution in [3.8, 4) is 0 Å². The van der Waals surface area contributed by atoms with E-state index in [9.17, 15) is 4.79 Å². The Kier molecular flexibility index (Phi) is 4.37. The van der Waals surface area contributed by atoms with Crippen LogP contribution in [0.1, 0.15) is 6.92 Å². The van der Waals surface area contributed by atoms with Gasteiger partial charge in [-0.15, -0.1) is 0 Å². The number of hydrogen-bond acceptors (Lipinski definition) is 4. The number of nitrogen functional groups attached to an aromatic ring is 1. The highest BCUT2D eigenvalue weighted by Crippen LogP contribution is 2.18. The van der Waals surface area contributed by atoms with Crippen LogP contribution in [0.2, 0.25) is 5.02 Å². The van der Waals surface area contributed by atoms with Crippen LogP contribution in [0.5, 0.6) is 0 Å². The van der Waals surface area contributed by atoms with Crippen molar-refractivity contribution in [2.75, 3.05) is 31.2 Å². The fourth-order valence-corrected chi connectivity index (χ4v) is 1.24. The van der Waals surface area contributed by atoms with Gasteiger partial charge in [-0.2, -0.15) is 0 Å². The van der Waals surface area contributed by atoms with Crippen LogP contribution in [0.3, 0.4) is 0 Å². The molecule has 1 aromatic rings. The zero-order valence-corrected chi connectivity index (χ0v) is 10.1. The maximum atomic E-state index is 11.5. The molecule has 0 aliphatic heterocycles. The number of halogens is 1. The van der Waals surface area contributed by atoms with Gasteiger partial charge in [-0.25, -0.2) is 4.98 Å². The third-order valence-electron chi connectivity index (χ3n) is 2.19. The average molecular weight is 243 g/mol. The Balaban J connectivity index is 2.58. The Labute approximate surface area is 99.6 Å². The molecule has 1 aromatic heterocycles. The van der Waals surface area contributed by atoms with Gasteiger partial charge >= 0.3 is 0 Å². The van der Waals surface area contributed by atoms with Gasteiger partial charge in [0.15, 0.2) is 0 Å². The highest BCUT2D eigenvalue weighted by Gasteiger charge is 2.07. The standard InChI is InChI=1S/C10H15ClN4O/c1-3-15(2)9(16)6-14-10-8(12)4-7(11)5-13-10/h4-5H,3,6,12H2,1-2H3,(H,13,14). The van der Waals surface area contributed by atoms with Crippen molar-refractivity contribution in [3.63, 3.8) is 0 Å². The minimum Gasteiger partial charge on any atom is -0.396 e. The van der Waals surface area contributed by atoms with Gasteiger partial charge in [0.1, 0.15) is 5.82 Å². The summed E-state index contributed by atoms with van der Waals surface area (Å²) in [7, 11) is 1.74. The fourth-order valence-electron chi connectivity index (χ4n) is 1.07. The molecule has 0 aliphatic rings. The molecule has 0 atom stereocenters. The molecule has 0 aromatic carbocycles. The number of carbonyl (C=O) groups is 1. The summed E-state index contributed by atoms with van der Waals surface area (Å²) in [6.07, 6.45) is 1.48. The summed E-state index contributed by atoms with van der Waals surface area (Å²) in [5, 5.41) is 3.34. The maximum absolute atomic E-state index is 11.5. The molecule has 0 radical (unpaired) electrons. The lowest BCUT2D eigenvalue weighted by molar-refractivity contribution is -0.127.